The number of aliphatic hydroxyl groups excluding tert-OH is 1. The molecule has 1 rings (SSSR count). The maximum atomic E-state index is 10.7. The van der Waals surface area contributed by atoms with Crippen molar-refractivity contribution in [2.24, 2.45) is 17.1 Å². The van der Waals surface area contributed by atoms with Crippen LogP contribution in [0.1, 0.15) is 39.0 Å². The summed E-state index contributed by atoms with van der Waals surface area (Å²) in [5.74, 6) is 0.627. The summed E-state index contributed by atoms with van der Waals surface area (Å²) < 4.78 is 0. The topological polar surface area (TPSA) is 63.3 Å². The molecular weight excluding hydrogens is 178 g/mol. The molecule has 0 aromatic heterocycles. The molecule has 3 heteroatoms. The van der Waals surface area contributed by atoms with Crippen molar-refractivity contribution in [3.63, 3.8) is 0 Å². The lowest BCUT2D eigenvalue weighted by atomic mass is 9.66. The van der Waals surface area contributed by atoms with Crippen LogP contribution in [0, 0.1) is 11.3 Å². The molecule has 0 aromatic rings. The lowest BCUT2D eigenvalue weighted by molar-refractivity contribution is -0.123. The molecule has 0 bridgehead atoms. The molecule has 1 fully saturated rings. The predicted octanol–water partition coefficient (Wildman–Crippen LogP) is 1.09. The van der Waals surface area contributed by atoms with E-state index < -0.39 is 6.10 Å². The fourth-order valence-corrected chi connectivity index (χ4v) is 2.59. The molecule has 3 nitrogen and oxygen atoms in total. The smallest absolute Gasteiger partial charge is 0.149 e. The van der Waals surface area contributed by atoms with Crippen LogP contribution in [0.5, 0.6) is 0 Å². The van der Waals surface area contributed by atoms with E-state index in [1.54, 1.807) is 0 Å². The number of rotatable bonds is 4. The first-order chi connectivity index (χ1) is 6.68. The fraction of sp³-hybridized carbons (Fsp3) is 0.909. The van der Waals surface area contributed by atoms with Crippen molar-refractivity contribution in [2.45, 2.75) is 45.1 Å². The second kappa shape index (κ2) is 4.89. The summed E-state index contributed by atoms with van der Waals surface area (Å²) in [7, 11) is 0. The highest BCUT2D eigenvalue weighted by Crippen LogP contribution is 2.41. The molecule has 14 heavy (non-hydrogen) atoms. The highest BCUT2D eigenvalue weighted by atomic mass is 16.3. The van der Waals surface area contributed by atoms with E-state index >= 15 is 0 Å². The van der Waals surface area contributed by atoms with Crippen LogP contribution in [0.2, 0.25) is 0 Å². The van der Waals surface area contributed by atoms with Crippen molar-refractivity contribution in [3.05, 3.63) is 0 Å². The second-order valence-corrected chi connectivity index (χ2v) is 4.52. The monoisotopic (exact) mass is 199 g/mol. The molecule has 0 aliphatic heterocycles. The van der Waals surface area contributed by atoms with Crippen molar-refractivity contribution in [1.82, 2.24) is 0 Å². The highest BCUT2D eigenvalue weighted by Gasteiger charge is 2.40. The van der Waals surface area contributed by atoms with Gasteiger partial charge < -0.3 is 15.6 Å². The van der Waals surface area contributed by atoms with Gasteiger partial charge in [-0.1, -0.05) is 26.2 Å². The summed E-state index contributed by atoms with van der Waals surface area (Å²) in [6, 6.07) is 0. The minimum atomic E-state index is -0.873. The first-order valence-electron chi connectivity index (χ1n) is 5.52. The normalized spacial score (nSPS) is 35.2. The van der Waals surface area contributed by atoms with Crippen molar-refractivity contribution in [1.29, 1.82) is 0 Å². The summed E-state index contributed by atoms with van der Waals surface area (Å²) in [4.78, 5) is 10.7. The van der Waals surface area contributed by atoms with Gasteiger partial charge >= 0.3 is 0 Å². The van der Waals surface area contributed by atoms with E-state index in [-0.39, 0.29) is 5.41 Å². The standard InChI is InChI=1S/C11H21NO2/c1-2-9-4-3-5-11(6-9,8-12)10(14)7-13/h7,9-10,14H,2-6,8,12H2,1H3. The van der Waals surface area contributed by atoms with E-state index in [4.69, 9.17) is 5.73 Å². The summed E-state index contributed by atoms with van der Waals surface area (Å²) in [5.41, 5.74) is 5.38. The predicted molar refractivity (Wildman–Crippen MR) is 55.8 cm³/mol. The first kappa shape index (κ1) is 11.7. The Morgan fingerprint density at radius 3 is 2.93 bits per heavy atom. The third-order valence-electron chi connectivity index (χ3n) is 3.72. The lowest BCUT2D eigenvalue weighted by Crippen LogP contribution is -2.46. The van der Waals surface area contributed by atoms with Gasteiger partial charge in [-0.05, 0) is 18.8 Å². The minimum Gasteiger partial charge on any atom is -0.385 e. The Balaban J connectivity index is 2.72. The van der Waals surface area contributed by atoms with Crippen LogP contribution in [0.15, 0.2) is 0 Å². The molecular formula is C11H21NO2. The Morgan fingerprint density at radius 2 is 2.43 bits per heavy atom. The van der Waals surface area contributed by atoms with Gasteiger partial charge in [-0.3, -0.25) is 0 Å². The van der Waals surface area contributed by atoms with Crippen LogP contribution in [0.25, 0.3) is 0 Å². The molecule has 0 amide bonds. The largest absolute Gasteiger partial charge is 0.385 e. The quantitative estimate of drug-likeness (QED) is 0.666. The maximum absolute atomic E-state index is 10.7. The van der Waals surface area contributed by atoms with E-state index in [2.05, 4.69) is 6.92 Å². The lowest BCUT2D eigenvalue weighted by Gasteiger charge is -2.41. The van der Waals surface area contributed by atoms with Crippen molar-refractivity contribution in [3.8, 4) is 0 Å². The summed E-state index contributed by atoms with van der Waals surface area (Å²) >= 11 is 0. The van der Waals surface area contributed by atoms with Gasteiger partial charge in [-0.2, -0.15) is 0 Å². The zero-order valence-corrected chi connectivity index (χ0v) is 8.91. The van der Waals surface area contributed by atoms with E-state index in [1.165, 1.54) is 6.42 Å². The Morgan fingerprint density at radius 1 is 1.71 bits per heavy atom. The number of aliphatic hydroxyl groups is 1. The number of hydrogen-bond donors (Lipinski definition) is 2. The van der Waals surface area contributed by atoms with Crippen LogP contribution in [-0.2, 0) is 4.79 Å². The van der Waals surface area contributed by atoms with Gasteiger partial charge in [0.25, 0.3) is 0 Å². The van der Waals surface area contributed by atoms with Crippen molar-refractivity contribution in [2.75, 3.05) is 6.54 Å². The molecule has 0 aromatic carbocycles. The van der Waals surface area contributed by atoms with Crippen molar-refractivity contribution < 1.29 is 9.90 Å². The third-order valence-corrected chi connectivity index (χ3v) is 3.72. The van der Waals surface area contributed by atoms with Crippen LogP contribution in [-0.4, -0.2) is 24.0 Å². The van der Waals surface area contributed by atoms with Gasteiger partial charge in [0, 0.05) is 12.0 Å². The molecule has 3 atom stereocenters. The average Bonchev–Trinajstić information content (AvgIpc) is 2.27. The molecule has 1 saturated carbocycles. The summed E-state index contributed by atoms with van der Waals surface area (Å²) in [6.07, 6.45) is 4.98. The molecule has 0 spiro atoms. The highest BCUT2D eigenvalue weighted by molar-refractivity contribution is 5.57. The van der Waals surface area contributed by atoms with Gasteiger partial charge in [0.05, 0.1) is 0 Å². The Kier molecular flexibility index (Phi) is 4.08. The van der Waals surface area contributed by atoms with E-state index in [9.17, 15) is 9.90 Å². The van der Waals surface area contributed by atoms with Crippen LogP contribution in [0.3, 0.4) is 0 Å². The number of carbonyl (C=O) groups is 1. The average molecular weight is 199 g/mol. The molecule has 3 N–H and O–H groups in total. The second-order valence-electron chi connectivity index (χ2n) is 4.52. The summed E-state index contributed by atoms with van der Waals surface area (Å²) in [5, 5.41) is 9.70. The first-order valence-corrected chi connectivity index (χ1v) is 5.52. The maximum Gasteiger partial charge on any atom is 0.149 e. The third kappa shape index (κ3) is 2.15. The molecule has 1 aliphatic carbocycles. The molecule has 0 radical (unpaired) electrons. The van der Waals surface area contributed by atoms with Crippen LogP contribution in [0.4, 0.5) is 0 Å². The number of hydrogen-bond acceptors (Lipinski definition) is 3. The minimum absolute atomic E-state index is 0.333. The van der Waals surface area contributed by atoms with E-state index in [0.29, 0.717) is 18.7 Å². The van der Waals surface area contributed by atoms with Crippen LogP contribution < -0.4 is 5.73 Å². The Bertz CT molecular complexity index is 196. The molecule has 0 heterocycles. The Labute approximate surface area is 85.7 Å². The number of nitrogens with two attached hydrogens (primary N) is 1. The number of carbonyl (C=O) groups excluding carboxylic acids is 1. The molecule has 0 saturated heterocycles. The fourth-order valence-electron chi connectivity index (χ4n) is 2.59. The van der Waals surface area contributed by atoms with Crippen LogP contribution >= 0.6 is 0 Å². The zero-order chi connectivity index (χ0) is 10.6. The van der Waals surface area contributed by atoms with Gasteiger partial charge in [0.2, 0.25) is 0 Å². The van der Waals surface area contributed by atoms with Gasteiger partial charge in [0.15, 0.2) is 0 Å². The zero-order valence-electron chi connectivity index (χ0n) is 8.91. The van der Waals surface area contributed by atoms with E-state index in [1.807, 2.05) is 0 Å². The van der Waals surface area contributed by atoms with Gasteiger partial charge in [0.1, 0.15) is 12.4 Å². The van der Waals surface area contributed by atoms with Gasteiger partial charge in [-0.25, -0.2) is 0 Å². The van der Waals surface area contributed by atoms with E-state index in [0.717, 1.165) is 25.7 Å². The molecule has 82 valence electrons. The molecule has 3 unspecified atom stereocenters. The Hall–Kier alpha value is -0.410. The summed E-state index contributed by atoms with van der Waals surface area (Å²) in [6.45, 7) is 2.58. The van der Waals surface area contributed by atoms with Gasteiger partial charge in [-0.15, -0.1) is 0 Å². The van der Waals surface area contributed by atoms with Crippen molar-refractivity contribution >= 4 is 6.29 Å². The molecule has 1 aliphatic rings. The number of aldehydes is 1. The SMILES string of the molecule is CCC1CCCC(CN)(C(O)C=O)C1.